The minimum Gasteiger partial charge on any atom is -0.388 e. The largest absolute Gasteiger partial charge is 0.388 e. The van der Waals surface area contributed by atoms with Gasteiger partial charge in [0.25, 0.3) is 0 Å². The lowest BCUT2D eigenvalue weighted by Gasteiger charge is -2.44. The quantitative estimate of drug-likeness (QED) is 0.459. The molecule has 0 saturated carbocycles. The van der Waals surface area contributed by atoms with Gasteiger partial charge in [0.15, 0.2) is 0 Å². The molecule has 0 radical (unpaired) electrons. The molecular weight excluding hydrogens is 394 g/mol. The van der Waals surface area contributed by atoms with Crippen molar-refractivity contribution in [2.45, 2.75) is 62.8 Å². The van der Waals surface area contributed by atoms with Gasteiger partial charge in [-0.2, -0.15) is 0 Å². The van der Waals surface area contributed by atoms with E-state index in [0.717, 1.165) is 56.2 Å². The maximum atomic E-state index is 10.9. The number of hydrogen-bond donors (Lipinski definition) is 2. The molecule has 0 unspecified atom stereocenters. The van der Waals surface area contributed by atoms with Crippen molar-refractivity contribution >= 4 is 0 Å². The standard InChI is InChI=1S/C29H35NO2/c31-28(24-13-6-2-7-14-24)21-26-17-10-18-27(22-29(32)25-15-8-3-9-16-25)30(26)20-19-23-11-4-1-5-12-23/h1-9,11-16,26-29,31-32H,10,17-22H2/t26-,27-,28-,29-/m0/s1. The summed E-state index contributed by atoms with van der Waals surface area (Å²) in [5.74, 6) is 0. The van der Waals surface area contributed by atoms with Gasteiger partial charge in [0, 0.05) is 18.6 Å². The van der Waals surface area contributed by atoms with E-state index < -0.39 is 12.2 Å². The van der Waals surface area contributed by atoms with Gasteiger partial charge in [0.2, 0.25) is 0 Å². The topological polar surface area (TPSA) is 43.7 Å². The summed E-state index contributed by atoms with van der Waals surface area (Å²) >= 11 is 0. The third kappa shape index (κ3) is 6.07. The molecule has 0 aromatic heterocycles. The molecule has 1 saturated heterocycles. The summed E-state index contributed by atoms with van der Waals surface area (Å²) in [6.07, 6.45) is 4.86. The Kier molecular flexibility index (Phi) is 8.11. The highest BCUT2D eigenvalue weighted by Gasteiger charge is 2.33. The zero-order chi connectivity index (χ0) is 22.2. The fraction of sp³-hybridized carbons (Fsp3) is 0.379. The Labute approximate surface area is 192 Å². The number of nitrogens with zero attached hydrogens (tertiary/aromatic N) is 1. The van der Waals surface area contributed by atoms with Gasteiger partial charge >= 0.3 is 0 Å². The van der Waals surface area contributed by atoms with Crippen LogP contribution < -0.4 is 0 Å². The SMILES string of the molecule is O[C@@H](C[C@@H]1CCC[C@@H](C[C@H](O)c2ccccc2)N1CCc1ccccc1)c1ccccc1. The first-order valence-corrected chi connectivity index (χ1v) is 12.0. The van der Waals surface area contributed by atoms with Crippen LogP contribution in [0.2, 0.25) is 0 Å². The number of piperidine rings is 1. The first kappa shape index (κ1) is 22.7. The summed E-state index contributed by atoms with van der Waals surface area (Å²) in [5.41, 5.74) is 3.31. The number of aliphatic hydroxyl groups excluding tert-OH is 2. The predicted octanol–water partition coefficient (Wildman–Crippen LogP) is 5.70. The summed E-state index contributed by atoms with van der Waals surface area (Å²) in [4.78, 5) is 2.58. The van der Waals surface area contributed by atoms with Crippen molar-refractivity contribution in [1.82, 2.24) is 4.90 Å². The highest BCUT2D eigenvalue weighted by Crippen LogP contribution is 2.34. The Balaban J connectivity index is 1.49. The lowest BCUT2D eigenvalue weighted by molar-refractivity contribution is 0.0180. The zero-order valence-electron chi connectivity index (χ0n) is 18.8. The van der Waals surface area contributed by atoms with E-state index >= 15 is 0 Å². The van der Waals surface area contributed by atoms with Crippen LogP contribution >= 0.6 is 0 Å². The second-order valence-electron chi connectivity index (χ2n) is 9.04. The fourth-order valence-electron chi connectivity index (χ4n) is 5.13. The van der Waals surface area contributed by atoms with Crippen LogP contribution in [-0.2, 0) is 6.42 Å². The first-order valence-electron chi connectivity index (χ1n) is 12.0. The van der Waals surface area contributed by atoms with E-state index in [1.165, 1.54) is 5.56 Å². The summed E-state index contributed by atoms with van der Waals surface area (Å²) in [6.45, 7) is 0.947. The van der Waals surface area contributed by atoms with E-state index in [1.807, 2.05) is 60.7 Å². The molecular formula is C29H35NO2. The Hall–Kier alpha value is -2.46. The van der Waals surface area contributed by atoms with Crippen LogP contribution in [0.15, 0.2) is 91.0 Å². The van der Waals surface area contributed by atoms with Gasteiger partial charge in [-0.1, -0.05) is 97.4 Å². The second kappa shape index (κ2) is 11.4. The van der Waals surface area contributed by atoms with Crippen LogP contribution in [0, 0.1) is 0 Å². The molecule has 168 valence electrons. The van der Waals surface area contributed by atoms with Gasteiger partial charge in [0.05, 0.1) is 12.2 Å². The predicted molar refractivity (Wildman–Crippen MR) is 130 cm³/mol. The molecule has 0 spiro atoms. The van der Waals surface area contributed by atoms with Crippen LogP contribution in [0.25, 0.3) is 0 Å². The average molecular weight is 430 g/mol. The molecule has 0 amide bonds. The van der Waals surface area contributed by atoms with Gasteiger partial charge in [-0.3, -0.25) is 4.90 Å². The Morgan fingerprint density at radius 1 is 0.656 bits per heavy atom. The van der Waals surface area contributed by atoms with Crippen molar-refractivity contribution < 1.29 is 10.2 Å². The molecule has 1 fully saturated rings. The Bertz CT molecular complexity index is 860. The average Bonchev–Trinajstić information content (AvgIpc) is 2.85. The monoisotopic (exact) mass is 429 g/mol. The third-order valence-corrected chi connectivity index (χ3v) is 6.87. The molecule has 2 N–H and O–H groups in total. The van der Waals surface area contributed by atoms with Crippen LogP contribution in [0.1, 0.15) is 61.0 Å². The summed E-state index contributed by atoms with van der Waals surface area (Å²) in [7, 11) is 0. The highest BCUT2D eigenvalue weighted by atomic mass is 16.3. The zero-order valence-corrected chi connectivity index (χ0v) is 18.8. The lowest BCUT2D eigenvalue weighted by atomic mass is 9.87. The van der Waals surface area contributed by atoms with Crippen molar-refractivity contribution in [2.24, 2.45) is 0 Å². The Morgan fingerprint density at radius 2 is 1.09 bits per heavy atom. The maximum absolute atomic E-state index is 10.9. The summed E-state index contributed by atoms with van der Waals surface area (Å²) < 4.78 is 0. The number of hydrogen-bond acceptors (Lipinski definition) is 3. The second-order valence-corrected chi connectivity index (χ2v) is 9.04. The first-order chi connectivity index (χ1) is 15.7. The molecule has 3 aromatic carbocycles. The van der Waals surface area contributed by atoms with Crippen molar-refractivity contribution in [1.29, 1.82) is 0 Å². The molecule has 32 heavy (non-hydrogen) atoms. The number of aliphatic hydroxyl groups is 2. The molecule has 0 aliphatic carbocycles. The van der Waals surface area contributed by atoms with Crippen molar-refractivity contribution in [2.75, 3.05) is 6.54 Å². The van der Waals surface area contributed by atoms with E-state index in [0.29, 0.717) is 12.1 Å². The van der Waals surface area contributed by atoms with Crippen molar-refractivity contribution in [3.63, 3.8) is 0 Å². The molecule has 3 heteroatoms. The molecule has 3 aromatic rings. The summed E-state index contributed by atoms with van der Waals surface area (Å²) in [6, 6.07) is 31.2. The van der Waals surface area contributed by atoms with Crippen molar-refractivity contribution in [3.8, 4) is 0 Å². The van der Waals surface area contributed by atoms with Gasteiger partial charge < -0.3 is 10.2 Å². The van der Waals surface area contributed by atoms with E-state index in [-0.39, 0.29) is 0 Å². The molecule has 1 heterocycles. The fourth-order valence-corrected chi connectivity index (χ4v) is 5.13. The summed E-state index contributed by atoms with van der Waals surface area (Å²) in [5, 5.41) is 21.9. The van der Waals surface area contributed by atoms with E-state index in [9.17, 15) is 10.2 Å². The third-order valence-electron chi connectivity index (χ3n) is 6.87. The van der Waals surface area contributed by atoms with Crippen LogP contribution in [0.3, 0.4) is 0 Å². The molecule has 3 nitrogen and oxygen atoms in total. The van der Waals surface area contributed by atoms with Gasteiger partial charge in [-0.25, -0.2) is 0 Å². The van der Waals surface area contributed by atoms with Gasteiger partial charge in [-0.05, 0) is 48.8 Å². The Morgan fingerprint density at radius 3 is 1.56 bits per heavy atom. The van der Waals surface area contributed by atoms with Gasteiger partial charge in [0.1, 0.15) is 0 Å². The number of likely N-dealkylation sites (tertiary alicyclic amines) is 1. The molecule has 4 rings (SSSR count). The minimum atomic E-state index is -0.460. The van der Waals surface area contributed by atoms with E-state index in [4.69, 9.17) is 0 Å². The molecule has 1 aliphatic heterocycles. The van der Waals surface area contributed by atoms with Crippen LogP contribution in [0.4, 0.5) is 0 Å². The molecule has 0 bridgehead atoms. The normalized spacial score (nSPS) is 21.2. The molecule has 4 atom stereocenters. The smallest absolute Gasteiger partial charge is 0.0805 e. The molecule has 1 aliphatic rings. The lowest BCUT2D eigenvalue weighted by Crippen LogP contribution is -2.48. The van der Waals surface area contributed by atoms with E-state index in [2.05, 4.69) is 35.2 Å². The van der Waals surface area contributed by atoms with E-state index in [1.54, 1.807) is 0 Å². The van der Waals surface area contributed by atoms with Crippen molar-refractivity contribution in [3.05, 3.63) is 108 Å². The maximum Gasteiger partial charge on any atom is 0.0805 e. The number of benzene rings is 3. The van der Waals surface area contributed by atoms with Crippen LogP contribution in [0.5, 0.6) is 0 Å². The van der Waals surface area contributed by atoms with Crippen LogP contribution in [-0.4, -0.2) is 33.7 Å². The highest BCUT2D eigenvalue weighted by molar-refractivity contribution is 5.19. The minimum absolute atomic E-state index is 0.315. The number of rotatable bonds is 9. The van der Waals surface area contributed by atoms with Gasteiger partial charge in [-0.15, -0.1) is 0 Å².